The third kappa shape index (κ3) is 3.62. The standard InChI is InChI=1S/C28H26F2N6O2/c1-35-8-10-36(11-9-35)24-7-3-17(15-31-24)25-19-5-2-16(12-23(19)33-34-25)21-14-28(21)20-13-18(38-27(29)30)4-6-22(20)32-26(28)37/h2-7,12-13,15,21,27H,8-11,14H2,1H3,(H,32,37)(H,33,34)/t21-,28-/m0/s1. The maximum atomic E-state index is 13.0. The van der Waals surface area contributed by atoms with Crippen LogP contribution in [0, 0.1) is 0 Å². The molecule has 4 aromatic rings. The second-order valence-electron chi connectivity index (χ2n) is 10.3. The van der Waals surface area contributed by atoms with Gasteiger partial charge in [0, 0.05) is 54.9 Å². The molecule has 10 heteroatoms. The minimum atomic E-state index is -2.92. The number of alkyl halides is 2. The molecule has 0 bridgehead atoms. The van der Waals surface area contributed by atoms with Crippen LogP contribution < -0.4 is 15.0 Å². The molecule has 38 heavy (non-hydrogen) atoms. The zero-order chi connectivity index (χ0) is 26.0. The molecule has 2 aromatic heterocycles. The van der Waals surface area contributed by atoms with E-state index < -0.39 is 12.0 Å². The summed E-state index contributed by atoms with van der Waals surface area (Å²) in [5, 5.41) is 11.6. The molecular weight excluding hydrogens is 490 g/mol. The number of likely N-dealkylation sites (N-methyl/N-ethyl adjacent to an activating group) is 1. The molecule has 8 nitrogen and oxygen atoms in total. The SMILES string of the molecule is CN1CCN(c2ccc(-c3n[nH]c4cc([C@@H]5C[C@@]56C(=O)Nc5ccc(OC(F)F)cc56)ccc34)cn2)CC1. The van der Waals surface area contributed by atoms with Gasteiger partial charge in [0.15, 0.2) is 0 Å². The van der Waals surface area contributed by atoms with Crippen LogP contribution in [0.1, 0.15) is 23.5 Å². The predicted octanol–water partition coefficient (Wildman–Crippen LogP) is 4.36. The van der Waals surface area contributed by atoms with E-state index in [1.807, 2.05) is 30.5 Å². The number of halogens is 2. The van der Waals surface area contributed by atoms with E-state index in [1.165, 1.54) is 6.07 Å². The van der Waals surface area contributed by atoms with E-state index in [-0.39, 0.29) is 17.6 Å². The average molecular weight is 517 g/mol. The first-order chi connectivity index (χ1) is 18.4. The fourth-order valence-electron chi connectivity index (χ4n) is 5.97. The van der Waals surface area contributed by atoms with E-state index in [0.29, 0.717) is 17.7 Å². The van der Waals surface area contributed by atoms with Gasteiger partial charge in [-0.15, -0.1) is 0 Å². The van der Waals surface area contributed by atoms with Crippen molar-refractivity contribution in [2.24, 2.45) is 0 Å². The summed E-state index contributed by atoms with van der Waals surface area (Å²) in [5.74, 6) is 0.858. The van der Waals surface area contributed by atoms with Gasteiger partial charge in [-0.3, -0.25) is 9.89 Å². The average Bonchev–Trinajstić information content (AvgIpc) is 3.44. The highest BCUT2D eigenvalue weighted by molar-refractivity contribution is 6.10. The van der Waals surface area contributed by atoms with Gasteiger partial charge in [0.1, 0.15) is 17.3 Å². The number of aromatic amines is 1. The Kier molecular flexibility index (Phi) is 5.16. The van der Waals surface area contributed by atoms with Gasteiger partial charge >= 0.3 is 6.61 Å². The Labute approximate surface area is 217 Å². The Bertz CT molecular complexity index is 1550. The fraction of sp³-hybridized carbons (Fsp3) is 0.321. The molecule has 2 aliphatic heterocycles. The van der Waals surface area contributed by atoms with E-state index >= 15 is 0 Å². The van der Waals surface area contributed by atoms with Crippen molar-refractivity contribution < 1.29 is 18.3 Å². The number of nitrogens with one attached hydrogen (secondary N) is 2. The Morgan fingerprint density at radius 3 is 2.68 bits per heavy atom. The fourth-order valence-corrected chi connectivity index (χ4v) is 5.97. The molecule has 2 N–H and O–H groups in total. The molecular formula is C28H26F2N6O2. The molecule has 4 heterocycles. The number of anilines is 2. The van der Waals surface area contributed by atoms with E-state index in [9.17, 15) is 13.6 Å². The Hall–Kier alpha value is -4.05. The Balaban J connectivity index is 1.15. The van der Waals surface area contributed by atoms with Gasteiger partial charge in [0.25, 0.3) is 0 Å². The number of nitrogens with zero attached hydrogens (tertiary/aromatic N) is 4. The number of hydrogen-bond donors (Lipinski definition) is 2. The lowest BCUT2D eigenvalue weighted by Crippen LogP contribution is -2.44. The summed E-state index contributed by atoms with van der Waals surface area (Å²) in [7, 11) is 2.13. The van der Waals surface area contributed by atoms with Crippen LogP contribution >= 0.6 is 0 Å². The largest absolute Gasteiger partial charge is 0.435 e. The Morgan fingerprint density at radius 1 is 1.08 bits per heavy atom. The zero-order valence-electron chi connectivity index (χ0n) is 20.7. The minimum absolute atomic E-state index is 0.0567. The van der Waals surface area contributed by atoms with Crippen molar-refractivity contribution in [3.63, 3.8) is 0 Å². The second-order valence-corrected chi connectivity index (χ2v) is 10.3. The molecule has 1 saturated carbocycles. The highest BCUT2D eigenvalue weighted by atomic mass is 19.3. The normalized spacial score (nSPS) is 22.8. The lowest BCUT2D eigenvalue weighted by Gasteiger charge is -2.33. The smallest absolute Gasteiger partial charge is 0.387 e. The van der Waals surface area contributed by atoms with E-state index in [2.05, 4.69) is 43.2 Å². The molecule has 2 aromatic carbocycles. The molecule has 1 aliphatic carbocycles. The van der Waals surface area contributed by atoms with Gasteiger partial charge in [-0.05, 0) is 61.0 Å². The molecule has 1 amide bonds. The van der Waals surface area contributed by atoms with Crippen molar-refractivity contribution >= 4 is 28.3 Å². The van der Waals surface area contributed by atoms with Crippen molar-refractivity contribution in [2.45, 2.75) is 24.4 Å². The number of H-pyrrole nitrogens is 1. The van der Waals surface area contributed by atoms with Gasteiger partial charge in [-0.1, -0.05) is 12.1 Å². The summed E-state index contributed by atoms with van der Waals surface area (Å²) in [4.78, 5) is 22.3. The molecule has 3 aliphatic rings. The molecule has 2 fully saturated rings. The molecule has 0 radical (unpaired) electrons. The number of carbonyl (C=O) groups is 1. The van der Waals surface area contributed by atoms with Crippen molar-refractivity contribution in [2.75, 3.05) is 43.4 Å². The zero-order valence-corrected chi connectivity index (χ0v) is 20.7. The van der Waals surface area contributed by atoms with Crippen LogP contribution in [0.5, 0.6) is 5.75 Å². The highest BCUT2D eigenvalue weighted by Gasteiger charge is 2.65. The summed E-state index contributed by atoms with van der Waals surface area (Å²) in [6, 6.07) is 14.8. The van der Waals surface area contributed by atoms with Crippen molar-refractivity contribution in [3.8, 4) is 17.0 Å². The van der Waals surface area contributed by atoms with Crippen LogP contribution in [0.4, 0.5) is 20.3 Å². The van der Waals surface area contributed by atoms with E-state index in [0.717, 1.165) is 59.7 Å². The van der Waals surface area contributed by atoms with Crippen LogP contribution in [-0.4, -0.2) is 65.8 Å². The number of carbonyl (C=O) groups excluding carboxylic acids is 1. The first-order valence-corrected chi connectivity index (χ1v) is 12.7. The maximum Gasteiger partial charge on any atom is 0.387 e. The number of benzene rings is 2. The predicted molar refractivity (Wildman–Crippen MR) is 140 cm³/mol. The Morgan fingerprint density at radius 2 is 1.92 bits per heavy atom. The molecule has 2 atom stereocenters. The van der Waals surface area contributed by atoms with Crippen molar-refractivity contribution in [1.29, 1.82) is 0 Å². The number of pyridine rings is 1. The van der Waals surface area contributed by atoms with Gasteiger partial charge in [-0.25, -0.2) is 4.98 Å². The third-order valence-electron chi connectivity index (χ3n) is 8.15. The molecule has 1 saturated heterocycles. The van der Waals surface area contributed by atoms with Crippen LogP contribution in [0.25, 0.3) is 22.2 Å². The number of amides is 1. The van der Waals surface area contributed by atoms with Gasteiger partial charge in [-0.2, -0.15) is 13.9 Å². The summed E-state index contributed by atoms with van der Waals surface area (Å²) < 4.78 is 30.1. The summed E-state index contributed by atoms with van der Waals surface area (Å²) in [6.45, 7) is 1.05. The maximum absolute atomic E-state index is 13.0. The van der Waals surface area contributed by atoms with Crippen LogP contribution in [0.15, 0.2) is 54.7 Å². The number of piperazine rings is 1. The summed E-state index contributed by atoms with van der Waals surface area (Å²) >= 11 is 0. The van der Waals surface area contributed by atoms with Crippen LogP contribution in [-0.2, 0) is 10.2 Å². The summed E-state index contributed by atoms with van der Waals surface area (Å²) in [6.07, 6.45) is 2.47. The number of hydrogen-bond acceptors (Lipinski definition) is 6. The monoisotopic (exact) mass is 516 g/mol. The number of rotatable bonds is 5. The highest BCUT2D eigenvalue weighted by Crippen LogP contribution is 2.65. The van der Waals surface area contributed by atoms with Gasteiger partial charge < -0.3 is 19.9 Å². The van der Waals surface area contributed by atoms with Gasteiger partial charge in [0.2, 0.25) is 5.91 Å². The molecule has 7 rings (SSSR count). The molecule has 1 spiro atoms. The quantitative estimate of drug-likeness (QED) is 0.410. The van der Waals surface area contributed by atoms with Crippen LogP contribution in [0.2, 0.25) is 0 Å². The first kappa shape index (κ1) is 23.1. The minimum Gasteiger partial charge on any atom is -0.435 e. The summed E-state index contributed by atoms with van der Waals surface area (Å²) in [5.41, 5.74) is 4.22. The third-order valence-corrected chi connectivity index (χ3v) is 8.15. The van der Waals surface area contributed by atoms with Crippen molar-refractivity contribution in [1.82, 2.24) is 20.1 Å². The first-order valence-electron chi connectivity index (χ1n) is 12.7. The van der Waals surface area contributed by atoms with Crippen molar-refractivity contribution in [3.05, 3.63) is 65.9 Å². The molecule has 0 unspecified atom stereocenters. The van der Waals surface area contributed by atoms with E-state index in [1.54, 1.807) is 12.1 Å². The topological polar surface area (TPSA) is 86.4 Å². The molecule has 194 valence electrons. The number of ether oxygens (including phenoxy) is 1. The lowest BCUT2D eigenvalue weighted by molar-refractivity contribution is -0.118. The lowest BCUT2D eigenvalue weighted by atomic mass is 9.91. The van der Waals surface area contributed by atoms with Crippen LogP contribution in [0.3, 0.4) is 0 Å². The number of fused-ring (bicyclic) bond motifs is 3. The second kappa shape index (κ2) is 8.49. The van der Waals surface area contributed by atoms with E-state index in [4.69, 9.17) is 4.98 Å². The number of aromatic nitrogens is 3. The van der Waals surface area contributed by atoms with Gasteiger partial charge in [0.05, 0.1) is 10.9 Å².